The SMILES string of the molecule is Cc1ncc(CN(C)C(=O)c2cc3cc(N)ccc3[nH]2)s1. The third-order valence-corrected chi connectivity index (χ3v) is 4.18. The number of rotatable bonds is 3. The molecule has 0 radical (unpaired) electrons. The number of aryl methyl sites for hydroxylation is 1. The number of carbonyl (C=O) groups is 1. The number of benzene rings is 1. The normalized spacial score (nSPS) is 11.0. The third-order valence-electron chi connectivity index (χ3n) is 3.28. The Morgan fingerprint density at radius 1 is 1.43 bits per heavy atom. The standard InChI is InChI=1S/C15H16N4OS/c1-9-17-7-12(21-9)8-19(2)15(20)14-6-10-5-11(16)3-4-13(10)18-14/h3-7,18H,8,16H2,1-2H3. The Morgan fingerprint density at radius 2 is 2.24 bits per heavy atom. The summed E-state index contributed by atoms with van der Waals surface area (Å²) < 4.78 is 0. The molecule has 0 saturated carbocycles. The van der Waals surface area contributed by atoms with Crippen LogP contribution in [-0.2, 0) is 6.54 Å². The van der Waals surface area contributed by atoms with E-state index < -0.39 is 0 Å². The Bertz CT molecular complexity index is 805. The van der Waals surface area contributed by atoms with Gasteiger partial charge in [-0.2, -0.15) is 0 Å². The molecule has 0 atom stereocenters. The van der Waals surface area contributed by atoms with Crippen LogP contribution in [0.2, 0.25) is 0 Å². The maximum absolute atomic E-state index is 12.5. The smallest absolute Gasteiger partial charge is 0.270 e. The number of hydrogen-bond donors (Lipinski definition) is 2. The average Bonchev–Trinajstić information content (AvgIpc) is 3.03. The van der Waals surface area contributed by atoms with Gasteiger partial charge < -0.3 is 15.6 Å². The van der Waals surface area contributed by atoms with E-state index >= 15 is 0 Å². The number of anilines is 1. The van der Waals surface area contributed by atoms with E-state index in [0.29, 0.717) is 17.9 Å². The number of amides is 1. The van der Waals surface area contributed by atoms with Crippen molar-refractivity contribution in [3.05, 3.63) is 46.0 Å². The van der Waals surface area contributed by atoms with Gasteiger partial charge in [0.25, 0.3) is 5.91 Å². The zero-order valence-corrected chi connectivity index (χ0v) is 12.7. The van der Waals surface area contributed by atoms with Crippen LogP contribution in [0.3, 0.4) is 0 Å². The van der Waals surface area contributed by atoms with Crippen LogP contribution in [0.15, 0.2) is 30.5 Å². The van der Waals surface area contributed by atoms with Gasteiger partial charge in [0.05, 0.1) is 11.6 Å². The first kappa shape index (κ1) is 13.6. The van der Waals surface area contributed by atoms with E-state index in [0.717, 1.165) is 20.8 Å². The van der Waals surface area contributed by atoms with E-state index in [-0.39, 0.29) is 5.91 Å². The lowest BCUT2D eigenvalue weighted by Gasteiger charge is -2.14. The predicted molar refractivity (Wildman–Crippen MR) is 85.4 cm³/mol. The van der Waals surface area contributed by atoms with Crippen molar-refractivity contribution in [3.63, 3.8) is 0 Å². The van der Waals surface area contributed by atoms with Crippen LogP contribution in [0.1, 0.15) is 20.4 Å². The van der Waals surface area contributed by atoms with Crippen molar-refractivity contribution < 1.29 is 4.79 Å². The summed E-state index contributed by atoms with van der Waals surface area (Å²) in [5, 5.41) is 1.95. The number of hydrogen-bond acceptors (Lipinski definition) is 4. The minimum absolute atomic E-state index is 0.0455. The Morgan fingerprint density at radius 3 is 2.95 bits per heavy atom. The van der Waals surface area contributed by atoms with Gasteiger partial charge in [0.15, 0.2) is 0 Å². The molecule has 0 unspecified atom stereocenters. The van der Waals surface area contributed by atoms with Crippen LogP contribution in [0, 0.1) is 6.92 Å². The number of nitrogen functional groups attached to an aromatic ring is 1. The number of thiazole rings is 1. The van der Waals surface area contributed by atoms with Crippen molar-refractivity contribution in [1.82, 2.24) is 14.9 Å². The van der Waals surface area contributed by atoms with Gasteiger partial charge in [-0.15, -0.1) is 11.3 Å². The number of nitrogens with zero attached hydrogens (tertiary/aromatic N) is 2. The summed E-state index contributed by atoms with van der Waals surface area (Å²) >= 11 is 1.60. The van der Waals surface area contributed by atoms with Gasteiger partial charge in [-0.25, -0.2) is 4.98 Å². The molecule has 108 valence electrons. The molecule has 5 nitrogen and oxygen atoms in total. The highest BCUT2D eigenvalue weighted by Gasteiger charge is 2.15. The molecule has 1 amide bonds. The highest BCUT2D eigenvalue weighted by atomic mass is 32.1. The molecule has 1 aromatic carbocycles. The molecule has 0 aliphatic heterocycles. The lowest BCUT2D eigenvalue weighted by molar-refractivity contribution is 0.0781. The van der Waals surface area contributed by atoms with E-state index in [2.05, 4.69) is 9.97 Å². The largest absolute Gasteiger partial charge is 0.399 e. The first-order chi connectivity index (χ1) is 10.0. The molecule has 2 heterocycles. The van der Waals surface area contributed by atoms with Gasteiger partial charge in [-0.3, -0.25) is 4.79 Å². The number of nitrogens with one attached hydrogen (secondary N) is 1. The van der Waals surface area contributed by atoms with Crippen molar-refractivity contribution in [2.24, 2.45) is 0 Å². The lowest BCUT2D eigenvalue weighted by atomic mass is 10.2. The van der Waals surface area contributed by atoms with E-state index in [1.165, 1.54) is 0 Å². The van der Waals surface area contributed by atoms with Crippen LogP contribution in [0.25, 0.3) is 10.9 Å². The Labute approximate surface area is 126 Å². The maximum Gasteiger partial charge on any atom is 0.270 e. The van der Waals surface area contributed by atoms with Crippen LogP contribution in [0.5, 0.6) is 0 Å². The van der Waals surface area contributed by atoms with Crippen LogP contribution in [-0.4, -0.2) is 27.8 Å². The number of H-pyrrole nitrogens is 1. The Hall–Kier alpha value is -2.34. The fourth-order valence-corrected chi connectivity index (χ4v) is 3.10. The summed E-state index contributed by atoms with van der Waals surface area (Å²) in [6.07, 6.45) is 1.82. The molecular formula is C15H16N4OS. The molecule has 6 heteroatoms. The van der Waals surface area contributed by atoms with E-state index in [9.17, 15) is 4.79 Å². The zero-order chi connectivity index (χ0) is 15.0. The fourth-order valence-electron chi connectivity index (χ4n) is 2.26. The molecule has 0 aliphatic rings. The zero-order valence-electron chi connectivity index (χ0n) is 11.9. The molecule has 0 aliphatic carbocycles. The van der Waals surface area contributed by atoms with E-state index in [4.69, 9.17) is 5.73 Å². The van der Waals surface area contributed by atoms with Crippen molar-refractivity contribution in [2.45, 2.75) is 13.5 Å². The van der Waals surface area contributed by atoms with Crippen molar-refractivity contribution in [3.8, 4) is 0 Å². The fraction of sp³-hybridized carbons (Fsp3) is 0.200. The second-order valence-electron chi connectivity index (χ2n) is 5.04. The van der Waals surface area contributed by atoms with Gasteiger partial charge in [0.2, 0.25) is 0 Å². The number of aromatic nitrogens is 2. The number of aromatic amines is 1. The molecule has 0 fully saturated rings. The summed E-state index contributed by atoms with van der Waals surface area (Å²) in [6.45, 7) is 2.51. The summed E-state index contributed by atoms with van der Waals surface area (Å²) in [7, 11) is 1.79. The minimum Gasteiger partial charge on any atom is -0.399 e. The van der Waals surface area contributed by atoms with Crippen molar-refractivity contribution >= 4 is 33.8 Å². The van der Waals surface area contributed by atoms with Crippen molar-refractivity contribution in [2.75, 3.05) is 12.8 Å². The highest BCUT2D eigenvalue weighted by Crippen LogP contribution is 2.20. The molecular weight excluding hydrogens is 284 g/mol. The number of carbonyl (C=O) groups excluding carboxylic acids is 1. The second-order valence-corrected chi connectivity index (χ2v) is 6.36. The molecule has 2 aromatic heterocycles. The first-order valence-corrected chi connectivity index (χ1v) is 7.39. The summed E-state index contributed by atoms with van der Waals surface area (Å²) in [4.78, 5) is 22.6. The van der Waals surface area contributed by atoms with Crippen LogP contribution < -0.4 is 5.73 Å². The first-order valence-electron chi connectivity index (χ1n) is 6.58. The average molecular weight is 300 g/mol. The summed E-state index contributed by atoms with van der Waals surface area (Å²) in [5.41, 5.74) is 7.93. The lowest BCUT2D eigenvalue weighted by Crippen LogP contribution is -2.26. The monoisotopic (exact) mass is 300 g/mol. The maximum atomic E-state index is 12.5. The molecule has 3 rings (SSSR count). The Kier molecular flexibility index (Phi) is 3.39. The van der Waals surface area contributed by atoms with E-state index in [1.54, 1.807) is 23.3 Å². The molecule has 3 N–H and O–H groups in total. The predicted octanol–water partition coefficient (Wildman–Crippen LogP) is 2.79. The van der Waals surface area contributed by atoms with Gasteiger partial charge in [-0.05, 0) is 31.2 Å². The molecule has 0 saturated heterocycles. The number of nitrogens with two attached hydrogens (primary N) is 1. The highest BCUT2D eigenvalue weighted by molar-refractivity contribution is 7.11. The third kappa shape index (κ3) is 2.75. The van der Waals surface area contributed by atoms with Gasteiger partial charge >= 0.3 is 0 Å². The molecule has 3 aromatic rings. The van der Waals surface area contributed by atoms with Gasteiger partial charge in [0, 0.05) is 34.7 Å². The quantitative estimate of drug-likeness (QED) is 0.730. The molecule has 21 heavy (non-hydrogen) atoms. The summed E-state index contributed by atoms with van der Waals surface area (Å²) in [6, 6.07) is 7.39. The molecule has 0 bridgehead atoms. The van der Waals surface area contributed by atoms with Crippen LogP contribution in [0.4, 0.5) is 5.69 Å². The second kappa shape index (κ2) is 5.21. The molecule has 0 spiro atoms. The Balaban J connectivity index is 1.82. The van der Waals surface area contributed by atoms with E-state index in [1.807, 2.05) is 37.4 Å². The summed E-state index contributed by atoms with van der Waals surface area (Å²) in [5.74, 6) is -0.0455. The van der Waals surface area contributed by atoms with Gasteiger partial charge in [-0.1, -0.05) is 0 Å². The van der Waals surface area contributed by atoms with Crippen LogP contribution >= 0.6 is 11.3 Å². The topological polar surface area (TPSA) is 75.0 Å². The van der Waals surface area contributed by atoms with Crippen molar-refractivity contribution in [1.29, 1.82) is 0 Å². The number of fused-ring (bicyclic) bond motifs is 1. The minimum atomic E-state index is -0.0455. The van der Waals surface area contributed by atoms with Gasteiger partial charge in [0.1, 0.15) is 5.69 Å².